The van der Waals surface area contributed by atoms with E-state index in [0.29, 0.717) is 6.04 Å². The van der Waals surface area contributed by atoms with Crippen LogP contribution in [0.4, 0.5) is 4.79 Å². The van der Waals surface area contributed by atoms with Gasteiger partial charge in [0.2, 0.25) is 0 Å². The van der Waals surface area contributed by atoms with Gasteiger partial charge in [0.1, 0.15) is 5.60 Å². The van der Waals surface area contributed by atoms with Crippen molar-refractivity contribution in [1.29, 1.82) is 0 Å². The third kappa shape index (κ3) is 6.65. The standard InChI is InChI=1S/C17H34N4O2/c1-17(2,3)23-16(22)21-9-6-15(14-21)18-7-5-8-20-12-10-19(4)11-13-20/h15,18H,5-14H2,1-4H3/t15-/m0/s1. The summed E-state index contributed by atoms with van der Waals surface area (Å²) in [5, 5.41) is 3.59. The Kier molecular flexibility index (Phi) is 6.68. The van der Waals surface area contributed by atoms with Crippen molar-refractivity contribution in [2.45, 2.75) is 45.3 Å². The molecule has 2 rings (SSSR count). The molecule has 2 aliphatic rings. The molecule has 2 aliphatic heterocycles. The Hall–Kier alpha value is -0.850. The van der Waals surface area contributed by atoms with Crippen molar-refractivity contribution < 1.29 is 9.53 Å². The monoisotopic (exact) mass is 326 g/mol. The molecule has 1 N–H and O–H groups in total. The number of nitrogens with one attached hydrogen (secondary N) is 1. The van der Waals surface area contributed by atoms with Gasteiger partial charge >= 0.3 is 6.09 Å². The van der Waals surface area contributed by atoms with E-state index >= 15 is 0 Å². The first kappa shape index (κ1) is 18.5. The maximum Gasteiger partial charge on any atom is 0.410 e. The van der Waals surface area contributed by atoms with Crippen LogP contribution in [0.15, 0.2) is 0 Å². The van der Waals surface area contributed by atoms with Gasteiger partial charge in [0.05, 0.1) is 0 Å². The third-order valence-corrected chi connectivity index (χ3v) is 4.52. The van der Waals surface area contributed by atoms with Gasteiger partial charge in [0.15, 0.2) is 0 Å². The second-order valence-corrected chi connectivity index (χ2v) is 7.86. The number of ether oxygens (including phenoxy) is 1. The zero-order valence-electron chi connectivity index (χ0n) is 15.3. The van der Waals surface area contributed by atoms with Gasteiger partial charge in [-0.25, -0.2) is 4.79 Å². The molecule has 6 heteroatoms. The van der Waals surface area contributed by atoms with Crippen molar-refractivity contribution in [3.8, 4) is 0 Å². The Morgan fingerprint density at radius 3 is 2.52 bits per heavy atom. The molecular weight excluding hydrogens is 292 g/mol. The number of carbonyl (C=O) groups is 1. The van der Waals surface area contributed by atoms with Gasteiger partial charge in [-0.3, -0.25) is 0 Å². The quantitative estimate of drug-likeness (QED) is 0.770. The summed E-state index contributed by atoms with van der Waals surface area (Å²) in [5.74, 6) is 0. The van der Waals surface area contributed by atoms with E-state index in [1.54, 1.807) is 0 Å². The molecule has 0 aromatic heterocycles. The molecule has 1 amide bonds. The summed E-state index contributed by atoms with van der Waals surface area (Å²) in [6, 6.07) is 0.412. The van der Waals surface area contributed by atoms with Crippen LogP contribution in [0.25, 0.3) is 0 Å². The first-order valence-electron chi connectivity index (χ1n) is 8.96. The van der Waals surface area contributed by atoms with Crippen molar-refractivity contribution >= 4 is 6.09 Å². The highest BCUT2D eigenvalue weighted by atomic mass is 16.6. The van der Waals surface area contributed by atoms with Crippen LogP contribution in [0.3, 0.4) is 0 Å². The molecule has 6 nitrogen and oxygen atoms in total. The highest BCUT2D eigenvalue weighted by Gasteiger charge is 2.29. The topological polar surface area (TPSA) is 48.0 Å². The summed E-state index contributed by atoms with van der Waals surface area (Å²) in [4.78, 5) is 18.8. The van der Waals surface area contributed by atoms with Crippen molar-refractivity contribution in [2.75, 3.05) is 59.4 Å². The highest BCUT2D eigenvalue weighted by molar-refractivity contribution is 5.68. The molecule has 134 valence electrons. The van der Waals surface area contributed by atoms with E-state index in [0.717, 1.165) is 26.1 Å². The smallest absolute Gasteiger partial charge is 0.410 e. The lowest BCUT2D eigenvalue weighted by atomic mass is 10.2. The van der Waals surface area contributed by atoms with E-state index < -0.39 is 5.60 Å². The minimum Gasteiger partial charge on any atom is -0.444 e. The summed E-state index contributed by atoms with van der Waals surface area (Å²) in [6.07, 6.45) is 2.01. The summed E-state index contributed by atoms with van der Waals surface area (Å²) >= 11 is 0. The first-order valence-corrected chi connectivity index (χ1v) is 8.96. The van der Waals surface area contributed by atoms with Crippen molar-refractivity contribution in [3.05, 3.63) is 0 Å². The number of hydrogen-bond acceptors (Lipinski definition) is 5. The van der Waals surface area contributed by atoms with Crippen LogP contribution in [-0.2, 0) is 4.74 Å². The van der Waals surface area contributed by atoms with E-state index in [-0.39, 0.29) is 6.09 Å². The fraction of sp³-hybridized carbons (Fsp3) is 0.941. The van der Waals surface area contributed by atoms with E-state index in [4.69, 9.17) is 4.74 Å². The molecule has 2 fully saturated rings. The summed E-state index contributed by atoms with van der Waals surface area (Å²) < 4.78 is 5.43. The molecule has 0 bridgehead atoms. The third-order valence-electron chi connectivity index (χ3n) is 4.52. The number of amides is 1. The molecule has 0 aromatic rings. The fourth-order valence-electron chi connectivity index (χ4n) is 3.10. The lowest BCUT2D eigenvalue weighted by Crippen LogP contribution is -2.45. The zero-order valence-corrected chi connectivity index (χ0v) is 15.3. The Morgan fingerprint density at radius 1 is 1.17 bits per heavy atom. The van der Waals surface area contributed by atoms with Crippen LogP contribution in [-0.4, -0.2) is 91.8 Å². The molecule has 0 aliphatic carbocycles. The van der Waals surface area contributed by atoms with Gasteiger partial charge in [-0.05, 0) is 53.8 Å². The average molecular weight is 326 g/mol. The van der Waals surface area contributed by atoms with E-state index in [2.05, 4.69) is 22.2 Å². The summed E-state index contributed by atoms with van der Waals surface area (Å²) in [5.41, 5.74) is -0.412. The predicted molar refractivity (Wildman–Crippen MR) is 92.8 cm³/mol. The van der Waals surface area contributed by atoms with Gasteiger partial charge in [-0.1, -0.05) is 0 Å². The second kappa shape index (κ2) is 8.31. The number of piperazine rings is 1. The number of likely N-dealkylation sites (N-methyl/N-ethyl adjacent to an activating group) is 1. The van der Waals surface area contributed by atoms with Crippen molar-refractivity contribution in [2.24, 2.45) is 0 Å². The molecule has 0 spiro atoms. The minimum atomic E-state index is -0.412. The molecule has 1 atom stereocenters. The summed E-state index contributed by atoms with van der Waals surface area (Å²) in [6.45, 7) is 14.2. The average Bonchev–Trinajstić information content (AvgIpc) is 2.93. The number of likely N-dealkylation sites (tertiary alicyclic amines) is 1. The molecule has 0 saturated carbocycles. The minimum absolute atomic E-state index is 0.181. The van der Waals surface area contributed by atoms with Crippen LogP contribution < -0.4 is 5.32 Å². The van der Waals surface area contributed by atoms with E-state index in [1.807, 2.05) is 25.7 Å². The van der Waals surface area contributed by atoms with E-state index in [9.17, 15) is 4.79 Å². The molecule has 2 heterocycles. The zero-order chi connectivity index (χ0) is 16.9. The van der Waals surface area contributed by atoms with Crippen molar-refractivity contribution in [1.82, 2.24) is 20.0 Å². The Balaban J connectivity index is 1.56. The summed E-state index contributed by atoms with van der Waals surface area (Å²) in [7, 11) is 2.19. The van der Waals surface area contributed by atoms with Crippen molar-refractivity contribution in [3.63, 3.8) is 0 Å². The largest absolute Gasteiger partial charge is 0.444 e. The maximum absolute atomic E-state index is 12.0. The molecule has 0 unspecified atom stereocenters. The SMILES string of the molecule is CN1CCN(CCCN[C@H]2CCN(C(=O)OC(C)(C)C)C2)CC1. The predicted octanol–water partition coefficient (Wildman–Crippen LogP) is 1.22. The normalized spacial score (nSPS) is 24.2. The number of rotatable bonds is 5. The maximum atomic E-state index is 12.0. The van der Waals surface area contributed by atoms with Gasteiger partial charge < -0.3 is 24.8 Å². The lowest BCUT2D eigenvalue weighted by Gasteiger charge is -2.32. The number of carbonyl (C=O) groups excluding carboxylic acids is 1. The van der Waals surface area contributed by atoms with Gasteiger partial charge in [0.25, 0.3) is 0 Å². The molecule has 0 radical (unpaired) electrons. The Bertz CT molecular complexity index is 375. The van der Waals surface area contributed by atoms with Crippen LogP contribution in [0.2, 0.25) is 0 Å². The van der Waals surface area contributed by atoms with Crippen LogP contribution >= 0.6 is 0 Å². The fourth-order valence-corrected chi connectivity index (χ4v) is 3.10. The number of nitrogens with zero attached hydrogens (tertiary/aromatic N) is 3. The van der Waals surface area contributed by atoms with Crippen LogP contribution in [0.5, 0.6) is 0 Å². The second-order valence-electron chi connectivity index (χ2n) is 7.86. The first-order chi connectivity index (χ1) is 10.8. The Labute approximate surface area is 141 Å². The lowest BCUT2D eigenvalue weighted by molar-refractivity contribution is 0.0291. The Morgan fingerprint density at radius 2 is 1.87 bits per heavy atom. The molecule has 23 heavy (non-hydrogen) atoms. The molecule has 2 saturated heterocycles. The van der Waals surface area contributed by atoms with Gasteiger partial charge in [-0.15, -0.1) is 0 Å². The van der Waals surface area contributed by atoms with Crippen LogP contribution in [0.1, 0.15) is 33.6 Å². The molecule has 0 aromatic carbocycles. The van der Waals surface area contributed by atoms with E-state index in [1.165, 1.54) is 39.1 Å². The van der Waals surface area contributed by atoms with Gasteiger partial charge in [0, 0.05) is 45.3 Å². The highest BCUT2D eigenvalue weighted by Crippen LogP contribution is 2.15. The van der Waals surface area contributed by atoms with Crippen LogP contribution in [0, 0.1) is 0 Å². The number of hydrogen-bond donors (Lipinski definition) is 1. The molecular formula is C17H34N4O2. The van der Waals surface area contributed by atoms with Gasteiger partial charge in [-0.2, -0.15) is 0 Å².